The molecule has 0 amide bonds. The smallest absolute Gasteiger partial charge is 0.119 e. The summed E-state index contributed by atoms with van der Waals surface area (Å²) in [4.78, 5) is 2.39. The van der Waals surface area contributed by atoms with Gasteiger partial charge >= 0.3 is 0 Å². The van der Waals surface area contributed by atoms with Crippen LogP contribution >= 0.6 is 0 Å². The monoisotopic (exact) mass is 204 g/mol. The van der Waals surface area contributed by atoms with Crippen molar-refractivity contribution < 1.29 is 4.74 Å². The molecule has 3 nitrogen and oxygen atoms in total. The number of nitrogens with zero attached hydrogens (tertiary/aromatic N) is 1. The lowest BCUT2D eigenvalue weighted by atomic mass is 9.98. The summed E-state index contributed by atoms with van der Waals surface area (Å²) in [6.45, 7) is 2.19. The molecule has 2 heterocycles. The van der Waals surface area contributed by atoms with E-state index in [9.17, 15) is 0 Å². The molecule has 2 aliphatic rings. The molecule has 0 saturated carbocycles. The fourth-order valence-electron chi connectivity index (χ4n) is 2.85. The molecule has 0 radical (unpaired) electrons. The zero-order chi connectivity index (χ0) is 10.4. The van der Waals surface area contributed by atoms with Crippen LogP contribution in [0.25, 0.3) is 0 Å². The van der Waals surface area contributed by atoms with E-state index in [1.807, 2.05) is 6.07 Å². The van der Waals surface area contributed by atoms with E-state index in [0.29, 0.717) is 12.0 Å². The summed E-state index contributed by atoms with van der Waals surface area (Å²) in [5.74, 6) is 1.61. The quantitative estimate of drug-likeness (QED) is 0.744. The highest BCUT2D eigenvalue weighted by atomic mass is 16.5. The number of anilines is 1. The molecule has 1 saturated heterocycles. The second-order valence-electron chi connectivity index (χ2n) is 4.37. The topological polar surface area (TPSA) is 24.5 Å². The van der Waals surface area contributed by atoms with Gasteiger partial charge in [-0.1, -0.05) is 0 Å². The zero-order valence-corrected chi connectivity index (χ0v) is 9.16. The average Bonchev–Trinajstić information content (AvgIpc) is 2.83. The molecular weight excluding hydrogens is 188 g/mol. The Balaban J connectivity index is 2.08. The molecule has 1 fully saturated rings. The van der Waals surface area contributed by atoms with Crippen molar-refractivity contribution >= 4 is 5.69 Å². The van der Waals surface area contributed by atoms with Gasteiger partial charge in [0.15, 0.2) is 0 Å². The van der Waals surface area contributed by atoms with Crippen LogP contribution in [0.5, 0.6) is 5.75 Å². The van der Waals surface area contributed by atoms with Gasteiger partial charge in [-0.3, -0.25) is 0 Å². The Morgan fingerprint density at radius 1 is 1.40 bits per heavy atom. The van der Waals surface area contributed by atoms with E-state index in [1.54, 1.807) is 7.11 Å². The summed E-state index contributed by atoms with van der Waals surface area (Å²) in [5, 5.41) is 3.45. The van der Waals surface area contributed by atoms with Gasteiger partial charge in [-0.2, -0.15) is 0 Å². The van der Waals surface area contributed by atoms with Gasteiger partial charge in [0.05, 0.1) is 7.11 Å². The van der Waals surface area contributed by atoms with Crippen molar-refractivity contribution in [2.45, 2.75) is 12.0 Å². The third-order valence-corrected chi connectivity index (χ3v) is 3.69. The lowest BCUT2D eigenvalue weighted by Crippen LogP contribution is -2.31. The van der Waals surface area contributed by atoms with Crippen LogP contribution in [0, 0.1) is 0 Å². The third-order valence-electron chi connectivity index (χ3n) is 3.69. The minimum Gasteiger partial charge on any atom is -0.497 e. The fraction of sp³-hybridized carbons (Fsp3) is 0.500. The minimum absolute atomic E-state index is 0.632. The number of nitrogens with one attached hydrogen (secondary N) is 1. The third kappa shape index (κ3) is 1.16. The van der Waals surface area contributed by atoms with Crippen LogP contribution in [-0.2, 0) is 0 Å². The first-order chi connectivity index (χ1) is 7.31. The number of benzene rings is 1. The maximum atomic E-state index is 5.28. The van der Waals surface area contributed by atoms with Crippen LogP contribution in [0.1, 0.15) is 11.5 Å². The van der Waals surface area contributed by atoms with Crippen LogP contribution in [0.15, 0.2) is 18.2 Å². The van der Waals surface area contributed by atoms with Crippen molar-refractivity contribution in [2.24, 2.45) is 0 Å². The number of fused-ring (bicyclic) bond motifs is 3. The normalized spacial score (nSPS) is 27.7. The largest absolute Gasteiger partial charge is 0.497 e. The van der Waals surface area contributed by atoms with E-state index < -0.39 is 0 Å². The van der Waals surface area contributed by atoms with Crippen molar-refractivity contribution in [3.63, 3.8) is 0 Å². The Kier molecular flexibility index (Phi) is 1.89. The second-order valence-corrected chi connectivity index (χ2v) is 4.37. The number of likely N-dealkylation sites (N-methyl/N-ethyl adjacent to an activating group) is 1. The molecule has 2 aliphatic heterocycles. The SMILES string of the molecule is COc1ccc2c(c1)C1CNCC1N2C. The molecule has 1 N–H and O–H groups in total. The van der Waals surface area contributed by atoms with Crippen molar-refractivity contribution in [1.82, 2.24) is 5.32 Å². The summed E-state index contributed by atoms with van der Waals surface area (Å²) in [7, 11) is 3.91. The van der Waals surface area contributed by atoms with Gasteiger partial charge in [0.25, 0.3) is 0 Å². The molecule has 0 bridgehead atoms. The van der Waals surface area contributed by atoms with E-state index in [1.165, 1.54) is 11.3 Å². The van der Waals surface area contributed by atoms with Crippen LogP contribution < -0.4 is 15.0 Å². The Morgan fingerprint density at radius 3 is 3.07 bits per heavy atom. The molecule has 15 heavy (non-hydrogen) atoms. The van der Waals surface area contributed by atoms with Gasteiger partial charge in [-0.15, -0.1) is 0 Å². The molecule has 3 heteroatoms. The van der Waals surface area contributed by atoms with E-state index in [-0.39, 0.29) is 0 Å². The van der Waals surface area contributed by atoms with E-state index in [0.717, 1.165) is 18.8 Å². The van der Waals surface area contributed by atoms with Gasteiger partial charge in [0, 0.05) is 37.8 Å². The lowest BCUT2D eigenvalue weighted by Gasteiger charge is -2.20. The highest BCUT2D eigenvalue weighted by molar-refractivity contribution is 5.64. The number of methoxy groups -OCH3 is 1. The molecule has 0 spiro atoms. The molecule has 1 aromatic rings. The number of ether oxygens (including phenoxy) is 1. The molecular formula is C12H16N2O. The first-order valence-electron chi connectivity index (χ1n) is 5.43. The van der Waals surface area contributed by atoms with E-state index >= 15 is 0 Å². The number of rotatable bonds is 1. The first-order valence-corrected chi connectivity index (χ1v) is 5.43. The Labute approximate surface area is 90.0 Å². The fourth-order valence-corrected chi connectivity index (χ4v) is 2.85. The maximum absolute atomic E-state index is 5.28. The standard InChI is InChI=1S/C12H16N2O/c1-14-11-4-3-8(15-2)5-9(11)10-6-13-7-12(10)14/h3-5,10,12-13H,6-7H2,1-2H3. The Hall–Kier alpha value is -1.22. The Morgan fingerprint density at radius 2 is 2.27 bits per heavy atom. The van der Waals surface area contributed by atoms with E-state index in [4.69, 9.17) is 4.74 Å². The van der Waals surface area contributed by atoms with Crippen molar-refractivity contribution in [3.05, 3.63) is 23.8 Å². The Bertz CT molecular complexity index is 391. The summed E-state index contributed by atoms with van der Waals surface area (Å²) < 4.78 is 5.28. The van der Waals surface area contributed by atoms with Gasteiger partial charge in [-0.05, 0) is 23.8 Å². The predicted octanol–water partition coefficient (Wildman–Crippen LogP) is 1.20. The van der Waals surface area contributed by atoms with Gasteiger partial charge in [0.2, 0.25) is 0 Å². The number of hydrogen-bond acceptors (Lipinski definition) is 3. The van der Waals surface area contributed by atoms with Gasteiger partial charge in [0.1, 0.15) is 5.75 Å². The predicted molar refractivity (Wildman–Crippen MR) is 60.8 cm³/mol. The number of hydrogen-bond donors (Lipinski definition) is 1. The maximum Gasteiger partial charge on any atom is 0.119 e. The highest BCUT2D eigenvalue weighted by Crippen LogP contribution is 2.42. The lowest BCUT2D eigenvalue weighted by molar-refractivity contribution is 0.414. The summed E-state index contributed by atoms with van der Waals surface area (Å²) in [6, 6.07) is 7.03. The van der Waals surface area contributed by atoms with Crippen LogP contribution in [0.4, 0.5) is 5.69 Å². The second kappa shape index (κ2) is 3.14. The summed E-state index contributed by atoms with van der Waals surface area (Å²) in [5.41, 5.74) is 2.80. The molecule has 2 unspecified atom stereocenters. The van der Waals surface area contributed by atoms with Crippen molar-refractivity contribution in [3.8, 4) is 5.75 Å². The molecule has 2 atom stereocenters. The molecule has 80 valence electrons. The van der Waals surface area contributed by atoms with Crippen LogP contribution in [0.3, 0.4) is 0 Å². The highest BCUT2D eigenvalue weighted by Gasteiger charge is 2.39. The molecule has 0 aromatic heterocycles. The van der Waals surface area contributed by atoms with Crippen molar-refractivity contribution in [1.29, 1.82) is 0 Å². The summed E-state index contributed by atoms with van der Waals surface area (Å²) in [6.07, 6.45) is 0. The first kappa shape index (κ1) is 9.04. The minimum atomic E-state index is 0.632. The molecule has 1 aromatic carbocycles. The van der Waals surface area contributed by atoms with Crippen LogP contribution in [0.2, 0.25) is 0 Å². The molecule has 3 rings (SSSR count). The van der Waals surface area contributed by atoms with Crippen molar-refractivity contribution in [2.75, 3.05) is 32.1 Å². The van der Waals surface area contributed by atoms with Gasteiger partial charge in [-0.25, -0.2) is 0 Å². The van der Waals surface area contributed by atoms with Crippen LogP contribution in [-0.4, -0.2) is 33.3 Å². The zero-order valence-electron chi connectivity index (χ0n) is 9.16. The average molecular weight is 204 g/mol. The summed E-state index contributed by atoms with van der Waals surface area (Å²) >= 11 is 0. The van der Waals surface area contributed by atoms with Gasteiger partial charge < -0.3 is 15.0 Å². The van der Waals surface area contributed by atoms with E-state index in [2.05, 4.69) is 29.4 Å². The molecule has 0 aliphatic carbocycles.